The van der Waals surface area contributed by atoms with Gasteiger partial charge in [0.05, 0.1) is 18.8 Å². The Morgan fingerprint density at radius 2 is 2.00 bits per heavy atom. The summed E-state index contributed by atoms with van der Waals surface area (Å²) in [4.78, 5) is 4.73. The summed E-state index contributed by atoms with van der Waals surface area (Å²) >= 11 is 0. The Bertz CT molecular complexity index is 793. The van der Waals surface area contributed by atoms with Crippen LogP contribution in [-0.2, 0) is 26.4 Å². The van der Waals surface area contributed by atoms with Gasteiger partial charge in [-0.1, -0.05) is 19.9 Å². The summed E-state index contributed by atoms with van der Waals surface area (Å²) in [5.74, 6) is 0.944. The molecule has 0 amide bonds. The van der Waals surface area contributed by atoms with Crippen LogP contribution in [0.2, 0.25) is 0 Å². The normalized spacial score (nSPS) is 12.3. The van der Waals surface area contributed by atoms with E-state index in [-0.39, 0.29) is 35.9 Å². The van der Waals surface area contributed by atoms with Gasteiger partial charge in [-0.2, -0.15) is 5.10 Å². The summed E-state index contributed by atoms with van der Waals surface area (Å²) < 4.78 is 21.0. The van der Waals surface area contributed by atoms with Crippen molar-refractivity contribution in [3.63, 3.8) is 0 Å². The van der Waals surface area contributed by atoms with Gasteiger partial charge in [0.15, 0.2) is 5.96 Å². The molecule has 29 heavy (non-hydrogen) atoms. The van der Waals surface area contributed by atoms with Crippen LogP contribution in [0.3, 0.4) is 0 Å². The minimum absolute atomic E-state index is 0. The summed E-state index contributed by atoms with van der Waals surface area (Å²) in [6.07, 6.45) is 1.68. The third-order valence-electron chi connectivity index (χ3n) is 4.46. The van der Waals surface area contributed by atoms with Crippen LogP contribution in [0.25, 0.3) is 0 Å². The van der Waals surface area contributed by atoms with E-state index >= 15 is 0 Å². The Kier molecular flexibility index (Phi) is 11.0. The Hall–Kier alpha value is -1.84. The van der Waals surface area contributed by atoms with E-state index in [1.165, 1.54) is 23.4 Å². The van der Waals surface area contributed by atoms with E-state index in [1.54, 1.807) is 12.1 Å². The van der Waals surface area contributed by atoms with Crippen LogP contribution in [0.15, 0.2) is 29.3 Å². The van der Waals surface area contributed by atoms with E-state index in [4.69, 9.17) is 9.73 Å². The lowest BCUT2D eigenvalue weighted by Crippen LogP contribution is -2.41. The van der Waals surface area contributed by atoms with Crippen LogP contribution in [0, 0.1) is 5.82 Å². The molecule has 0 aliphatic rings. The third-order valence-corrected chi connectivity index (χ3v) is 4.46. The molecule has 0 saturated heterocycles. The molecule has 0 aliphatic heterocycles. The first-order valence-corrected chi connectivity index (χ1v) is 9.96. The molecule has 2 aromatic rings. The van der Waals surface area contributed by atoms with E-state index < -0.39 is 0 Å². The third kappa shape index (κ3) is 7.49. The zero-order chi connectivity index (χ0) is 20.5. The molecule has 1 aromatic carbocycles. The SMILES string of the molecule is CCNC(=NCc1c(CC)nn(C)c1CC)NCC(C)Oc1cccc(F)c1.I. The van der Waals surface area contributed by atoms with E-state index in [0.717, 1.165) is 31.0 Å². The van der Waals surface area contributed by atoms with Crippen LogP contribution in [0.1, 0.15) is 44.6 Å². The van der Waals surface area contributed by atoms with Crippen molar-refractivity contribution in [1.82, 2.24) is 20.4 Å². The molecule has 0 fully saturated rings. The number of hydrogen-bond donors (Lipinski definition) is 2. The molecule has 1 heterocycles. The fourth-order valence-electron chi connectivity index (χ4n) is 3.13. The first-order valence-electron chi connectivity index (χ1n) is 9.96. The molecule has 162 valence electrons. The monoisotopic (exact) mass is 517 g/mol. The molecule has 2 N–H and O–H groups in total. The number of ether oxygens (including phenoxy) is 1. The predicted molar refractivity (Wildman–Crippen MR) is 127 cm³/mol. The number of aryl methyl sites for hydroxylation is 2. The number of aliphatic imine (C=N–C) groups is 1. The van der Waals surface area contributed by atoms with Gasteiger partial charge in [0.2, 0.25) is 0 Å². The standard InChI is InChI=1S/C21H32FN5O.HI/c1-6-19-18(20(7-2)27(5)26-19)14-25-21(23-8-3)24-13-15(4)28-17-11-9-10-16(22)12-17;/h9-12,15H,6-8,13-14H2,1-5H3,(H2,23,24,25);1H. The molecule has 2 rings (SSSR count). The maximum Gasteiger partial charge on any atom is 0.191 e. The van der Waals surface area contributed by atoms with E-state index in [9.17, 15) is 4.39 Å². The van der Waals surface area contributed by atoms with Gasteiger partial charge in [-0.3, -0.25) is 4.68 Å². The Balaban J connectivity index is 0.00000420. The van der Waals surface area contributed by atoms with Gasteiger partial charge < -0.3 is 15.4 Å². The molecule has 0 saturated carbocycles. The summed E-state index contributed by atoms with van der Waals surface area (Å²) in [6, 6.07) is 6.18. The van der Waals surface area contributed by atoms with Crippen molar-refractivity contribution >= 4 is 29.9 Å². The molecule has 1 aromatic heterocycles. The molecule has 8 heteroatoms. The second-order valence-corrected chi connectivity index (χ2v) is 6.66. The Labute approximate surface area is 190 Å². The van der Waals surface area contributed by atoms with Crippen LogP contribution in [0.4, 0.5) is 4.39 Å². The molecule has 1 atom stereocenters. The number of nitrogens with one attached hydrogen (secondary N) is 2. The smallest absolute Gasteiger partial charge is 0.191 e. The van der Waals surface area contributed by atoms with Crippen molar-refractivity contribution in [2.45, 2.75) is 53.2 Å². The molecule has 0 spiro atoms. The average Bonchev–Trinajstić information content (AvgIpc) is 2.98. The van der Waals surface area contributed by atoms with Crippen molar-refractivity contribution in [1.29, 1.82) is 0 Å². The quantitative estimate of drug-likeness (QED) is 0.302. The number of nitrogens with zero attached hydrogens (tertiary/aromatic N) is 3. The lowest BCUT2D eigenvalue weighted by Gasteiger charge is -2.18. The predicted octanol–water partition coefficient (Wildman–Crippen LogP) is 3.82. The van der Waals surface area contributed by atoms with Crippen LogP contribution >= 0.6 is 24.0 Å². The van der Waals surface area contributed by atoms with Gasteiger partial charge >= 0.3 is 0 Å². The van der Waals surface area contributed by atoms with E-state index in [1.807, 2.05) is 25.6 Å². The van der Waals surface area contributed by atoms with E-state index in [2.05, 4.69) is 29.6 Å². The Morgan fingerprint density at radius 1 is 1.24 bits per heavy atom. The van der Waals surface area contributed by atoms with Gasteiger partial charge in [0, 0.05) is 30.9 Å². The van der Waals surface area contributed by atoms with Crippen LogP contribution < -0.4 is 15.4 Å². The average molecular weight is 517 g/mol. The lowest BCUT2D eigenvalue weighted by molar-refractivity contribution is 0.223. The number of rotatable bonds is 9. The minimum Gasteiger partial charge on any atom is -0.489 e. The van der Waals surface area contributed by atoms with Crippen molar-refractivity contribution < 1.29 is 9.13 Å². The number of halogens is 2. The molecule has 1 unspecified atom stereocenters. The topological polar surface area (TPSA) is 63.5 Å². The van der Waals surface area contributed by atoms with Crippen molar-refractivity contribution in [3.05, 3.63) is 47.0 Å². The lowest BCUT2D eigenvalue weighted by atomic mass is 10.1. The van der Waals surface area contributed by atoms with Crippen LogP contribution in [-0.4, -0.2) is 34.9 Å². The fourth-order valence-corrected chi connectivity index (χ4v) is 3.13. The van der Waals surface area contributed by atoms with Gasteiger partial charge in [-0.15, -0.1) is 24.0 Å². The fraction of sp³-hybridized carbons (Fsp3) is 0.524. The highest BCUT2D eigenvalue weighted by Crippen LogP contribution is 2.16. The molecule has 0 aliphatic carbocycles. The zero-order valence-electron chi connectivity index (χ0n) is 18.0. The van der Waals surface area contributed by atoms with Crippen molar-refractivity contribution in [2.75, 3.05) is 13.1 Å². The molecular formula is C21H33FIN5O. The van der Waals surface area contributed by atoms with Gasteiger partial charge in [0.1, 0.15) is 17.7 Å². The number of hydrogen-bond acceptors (Lipinski definition) is 3. The highest BCUT2D eigenvalue weighted by Gasteiger charge is 2.13. The van der Waals surface area contributed by atoms with Crippen LogP contribution in [0.5, 0.6) is 5.75 Å². The summed E-state index contributed by atoms with van der Waals surface area (Å²) in [5, 5.41) is 11.2. The van der Waals surface area contributed by atoms with E-state index in [0.29, 0.717) is 18.8 Å². The van der Waals surface area contributed by atoms with Gasteiger partial charge in [-0.05, 0) is 38.8 Å². The summed E-state index contributed by atoms with van der Waals surface area (Å²) in [5.41, 5.74) is 3.52. The highest BCUT2D eigenvalue weighted by atomic mass is 127. The number of guanidine groups is 1. The number of benzene rings is 1. The summed E-state index contributed by atoms with van der Waals surface area (Å²) in [7, 11) is 1.99. The molecule has 0 radical (unpaired) electrons. The maximum absolute atomic E-state index is 13.3. The van der Waals surface area contributed by atoms with Gasteiger partial charge in [-0.25, -0.2) is 9.38 Å². The summed E-state index contributed by atoms with van der Waals surface area (Å²) in [6.45, 7) is 10.1. The van der Waals surface area contributed by atoms with Gasteiger partial charge in [0.25, 0.3) is 0 Å². The largest absolute Gasteiger partial charge is 0.489 e. The number of aromatic nitrogens is 2. The first-order chi connectivity index (χ1) is 13.5. The molecule has 6 nitrogen and oxygen atoms in total. The second-order valence-electron chi connectivity index (χ2n) is 6.66. The minimum atomic E-state index is -0.303. The van der Waals surface area contributed by atoms with Crippen molar-refractivity contribution in [2.24, 2.45) is 12.0 Å². The Morgan fingerprint density at radius 3 is 2.62 bits per heavy atom. The highest BCUT2D eigenvalue weighted by molar-refractivity contribution is 14.0. The van der Waals surface area contributed by atoms with Crippen molar-refractivity contribution in [3.8, 4) is 5.75 Å². The maximum atomic E-state index is 13.3. The second kappa shape index (κ2) is 12.7. The molecular weight excluding hydrogens is 484 g/mol. The first kappa shape index (κ1) is 25.2. The zero-order valence-corrected chi connectivity index (χ0v) is 20.3. The molecule has 0 bridgehead atoms.